The summed E-state index contributed by atoms with van der Waals surface area (Å²) in [6.45, 7) is 2.00. The lowest BCUT2D eigenvalue weighted by molar-refractivity contribution is -0.120. The van der Waals surface area contributed by atoms with E-state index in [2.05, 4.69) is 14.5 Å². The van der Waals surface area contributed by atoms with Gasteiger partial charge in [0.25, 0.3) is 0 Å². The van der Waals surface area contributed by atoms with Crippen molar-refractivity contribution in [3.63, 3.8) is 0 Å². The Morgan fingerprint density at radius 2 is 2.44 bits per heavy atom. The number of hydrogen-bond donors (Lipinski definition) is 2. The third-order valence-corrected chi connectivity index (χ3v) is 1.36. The number of nitrogens with two attached hydrogens (primary N) is 1. The summed E-state index contributed by atoms with van der Waals surface area (Å²) in [5.74, 6) is -0.109. The van der Waals surface area contributed by atoms with Crippen molar-refractivity contribution in [2.24, 2.45) is 5.73 Å². The van der Waals surface area contributed by atoms with Crippen molar-refractivity contribution in [3.05, 3.63) is 0 Å². The molecule has 0 rings (SSSR count). The van der Waals surface area contributed by atoms with Crippen LogP contribution >= 0.6 is 9.39 Å². The number of nitrogens with one attached hydrogen (secondary N) is 1. The first kappa shape index (κ1) is 8.86. The highest BCUT2D eigenvalue weighted by molar-refractivity contribution is 7.15. The highest BCUT2D eigenvalue weighted by Crippen LogP contribution is 1.92. The topological polar surface area (TPSA) is 55.1 Å². The third-order valence-electron chi connectivity index (χ3n) is 1.08. The fourth-order valence-corrected chi connectivity index (χ4v) is 0.763. The van der Waals surface area contributed by atoms with Gasteiger partial charge in [0.2, 0.25) is 5.91 Å². The van der Waals surface area contributed by atoms with Crippen molar-refractivity contribution in [3.8, 4) is 0 Å². The van der Waals surface area contributed by atoms with E-state index in [4.69, 9.17) is 5.73 Å². The van der Waals surface area contributed by atoms with Crippen LogP contribution in [0.15, 0.2) is 0 Å². The van der Waals surface area contributed by atoms with Crippen molar-refractivity contribution in [1.29, 1.82) is 0 Å². The van der Waals surface area contributed by atoms with E-state index in [-0.39, 0.29) is 11.9 Å². The van der Waals surface area contributed by atoms with Gasteiger partial charge in [-0.25, -0.2) is 0 Å². The van der Waals surface area contributed by atoms with E-state index in [1.54, 1.807) is 0 Å². The number of carbonyl (C=O) groups is 1. The van der Waals surface area contributed by atoms with Crippen molar-refractivity contribution in [2.75, 3.05) is 0 Å². The Bertz CT molecular complexity index is 97.0. The smallest absolute Gasteiger partial charge is 0.239 e. The zero-order valence-electron chi connectivity index (χ0n) is 5.55. The lowest BCUT2D eigenvalue weighted by Gasteiger charge is -2.06. The third kappa shape index (κ3) is 3.44. The minimum absolute atomic E-state index is 0.109. The second-order valence-corrected chi connectivity index (χ2v) is 2.19. The molecule has 0 aliphatic rings. The fraction of sp³-hybridized carbons (Fsp3) is 0.800. The van der Waals surface area contributed by atoms with Crippen LogP contribution in [-0.4, -0.2) is 11.9 Å². The molecule has 9 heavy (non-hydrogen) atoms. The minimum atomic E-state index is -0.340. The van der Waals surface area contributed by atoms with Crippen LogP contribution in [0.3, 0.4) is 0 Å². The lowest BCUT2D eigenvalue weighted by atomic mass is 10.2. The maximum Gasteiger partial charge on any atom is 0.239 e. The first-order chi connectivity index (χ1) is 4.22. The number of hydrogen-bond acceptors (Lipinski definition) is 2. The molecule has 3 nitrogen and oxygen atoms in total. The number of carbonyl (C=O) groups excluding carboxylic acids is 1. The molecule has 0 aromatic rings. The summed E-state index contributed by atoms with van der Waals surface area (Å²) in [7, 11) is 2.13. The molecule has 2 unspecified atom stereocenters. The maximum atomic E-state index is 10.6. The van der Waals surface area contributed by atoms with Crippen LogP contribution in [0.4, 0.5) is 0 Å². The zero-order chi connectivity index (χ0) is 7.28. The molecule has 0 spiro atoms. The first-order valence-electron chi connectivity index (χ1n) is 2.98. The fourth-order valence-electron chi connectivity index (χ4n) is 0.549. The molecule has 0 aliphatic heterocycles. The largest absolute Gasteiger partial charge is 0.339 e. The van der Waals surface area contributed by atoms with Crippen LogP contribution in [0.1, 0.15) is 19.8 Å². The van der Waals surface area contributed by atoms with Crippen molar-refractivity contribution in [2.45, 2.75) is 25.8 Å². The minimum Gasteiger partial charge on any atom is -0.339 e. The molecule has 0 fully saturated rings. The van der Waals surface area contributed by atoms with Gasteiger partial charge in [0.15, 0.2) is 0 Å². The Balaban J connectivity index is 3.45. The summed E-state index contributed by atoms with van der Waals surface area (Å²) in [6, 6.07) is -0.340. The molecule has 1 amide bonds. The molecule has 2 atom stereocenters. The average molecular weight is 148 g/mol. The number of amides is 1. The molecule has 3 N–H and O–H groups in total. The van der Waals surface area contributed by atoms with Crippen LogP contribution in [0.2, 0.25) is 0 Å². The van der Waals surface area contributed by atoms with Gasteiger partial charge in [0, 0.05) is 0 Å². The van der Waals surface area contributed by atoms with Gasteiger partial charge in [0.1, 0.15) is 0 Å². The Hall–Kier alpha value is -0.140. The van der Waals surface area contributed by atoms with Crippen molar-refractivity contribution < 1.29 is 4.79 Å². The Morgan fingerprint density at radius 3 is 2.78 bits per heavy atom. The van der Waals surface area contributed by atoms with E-state index in [9.17, 15) is 4.79 Å². The highest BCUT2D eigenvalue weighted by atomic mass is 31.0. The van der Waals surface area contributed by atoms with E-state index in [1.165, 1.54) is 0 Å². The molecule has 0 aromatic carbocycles. The normalized spacial score (nSPS) is 12.8. The Labute approximate surface area is 57.6 Å². The average Bonchev–Trinajstić information content (AvgIpc) is 1.87. The summed E-state index contributed by atoms with van der Waals surface area (Å²) in [5.41, 5.74) is 5.41. The molecule has 0 aliphatic carbocycles. The van der Waals surface area contributed by atoms with Gasteiger partial charge in [0.05, 0.1) is 6.04 Å². The van der Waals surface area contributed by atoms with E-state index in [0.29, 0.717) is 0 Å². The molecular formula is C5H13N2OP. The van der Waals surface area contributed by atoms with Gasteiger partial charge in [-0.2, -0.15) is 0 Å². The van der Waals surface area contributed by atoms with Crippen molar-refractivity contribution >= 4 is 15.3 Å². The van der Waals surface area contributed by atoms with Gasteiger partial charge in [-0.05, 0) is 15.8 Å². The van der Waals surface area contributed by atoms with Gasteiger partial charge in [-0.15, -0.1) is 0 Å². The van der Waals surface area contributed by atoms with Crippen LogP contribution in [0.25, 0.3) is 0 Å². The van der Waals surface area contributed by atoms with E-state index >= 15 is 0 Å². The summed E-state index contributed by atoms with van der Waals surface area (Å²) < 4.78 is 0. The second-order valence-electron chi connectivity index (χ2n) is 1.90. The molecule has 0 bridgehead atoms. The van der Waals surface area contributed by atoms with Gasteiger partial charge < -0.3 is 10.8 Å². The predicted molar refractivity (Wildman–Crippen MR) is 40.7 cm³/mol. The van der Waals surface area contributed by atoms with Crippen LogP contribution in [0, 0.1) is 0 Å². The van der Waals surface area contributed by atoms with Crippen LogP contribution in [-0.2, 0) is 4.79 Å². The van der Waals surface area contributed by atoms with E-state index < -0.39 is 0 Å². The SMILES string of the molecule is CCCC(N)C(=O)NP. The summed E-state index contributed by atoms with van der Waals surface area (Å²) in [6.07, 6.45) is 1.69. The molecular weight excluding hydrogens is 135 g/mol. The maximum absolute atomic E-state index is 10.6. The van der Waals surface area contributed by atoms with E-state index in [0.717, 1.165) is 12.8 Å². The molecule has 0 saturated carbocycles. The zero-order valence-corrected chi connectivity index (χ0v) is 6.71. The van der Waals surface area contributed by atoms with Gasteiger partial charge in [-0.1, -0.05) is 13.3 Å². The van der Waals surface area contributed by atoms with Crippen molar-refractivity contribution in [1.82, 2.24) is 5.09 Å². The molecule has 0 heterocycles. The highest BCUT2D eigenvalue weighted by Gasteiger charge is 2.08. The first-order valence-corrected chi connectivity index (χ1v) is 3.56. The monoisotopic (exact) mass is 148 g/mol. The molecule has 4 heteroatoms. The van der Waals surface area contributed by atoms with E-state index in [1.807, 2.05) is 6.92 Å². The quantitative estimate of drug-likeness (QED) is 0.554. The Morgan fingerprint density at radius 1 is 1.89 bits per heavy atom. The summed E-state index contributed by atoms with van der Waals surface area (Å²) >= 11 is 0. The van der Waals surface area contributed by atoms with Gasteiger partial charge in [-0.3, -0.25) is 4.79 Å². The second kappa shape index (κ2) is 4.71. The van der Waals surface area contributed by atoms with Crippen LogP contribution < -0.4 is 10.8 Å². The molecule has 0 saturated heterocycles. The number of rotatable bonds is 3. The predicted octanol–water partition coefficient (Wildman–Crippen LogP) is 0.0201. The molecule has 0 radical (unpaired) electrons. The van der Waals surface area contributed by atoms with Gasteiger partial charge >= 0.3 is 0 Å². The van der Waals surface area contributed by atoms with Crippen LogP contribution in [0.5, 0.6) is 0 Å². The standard InChI is InChI=1S/C5H13N2OP/c1-2-3-4(6)5(8)7-9/h4H,2-3,6,9H2,1H3,(H,7,8). The molecule has 54 valence electrons. The lowest BCUT2D eigenvalue weighted by Crippen LogP contribution is -2.35. The Kier molecular flexibility index (Phi) is 4.64. The summed E-state index contributed by atoms with van der Waals surface area (Å²) in [5, 5.41) is 2.40. The summed E-state index contributed by atoms with van der Waals surface area (Å²) in [4.78, 5) is 10.6. The molecule has 0 aromatic heterocycles.